The second-order valence-electron chi connectivity index (χ2n) is 4.88. The highest BCUT2D eigenvalue weighted by atomic mass is 19.1. The van der Waals surface area contributed by atoms with Crippen molar-refractivity contribution in [1.29, 1.82) is 0 Å². The molecule has 0 aliphatic carbocycles. The summed E-state index contributed by atoms with van der Waals surface area (Å²) in [4.78, 5) is 27.7. The molecule has 23 heavy (non-hydrogen) atoms. The van der Waals surface area contributed by atoms with Crippen LogP contribution >= 0.6 is 0 Å². The lowest BCUT2D eigenvalue weighted by Crippen LogP contribution is -2.26. The van der Waals surface area contributed by atoms with Gasteiger partial charge in [-0.15, -0.1) is 0 Å². The van der Waals surface area contributed by atoms with Crippen molar-refractivity contribution in [2.45, 2.75) is 6.92 Å². The lowest BCUT2D eigenvalue weighted by atomic mass is 10.0. The number of carboxylic acids is 1. The smallest absolute Gasteiger partial charge is 0.338 e. The van der Waals surface area contributed by atoms with E-state index in [2.05, 4.69) is 4.98 Å². The number of pyridine rings is 2. The van der Waals surface area contributed by atoms with E-state index >= 15 is 0 Å². The Labute approximate surface area is 128 Å². The lowest BCUT2D eigenvalue weighted by Gasteiger charge is -2.15. The maximum Gasteiger partial charge on any atom is 0.338 e. The van der Waals surface area contributed by atoms with E-state index in [0.29, 0.717) is 0 Å². The molecule has 3 aromatic rings. The number of rotatable bonds is 2. The summed E-state index contributed by atoms with van der Waals surface area (Å²) in [6.07, 6.45) is 1.19. The molecule has 0 aliphatic heterocycles. The minimum Gasteiger partial charge on any atom is -0.478 e. The first-order chi connectivity index (χ1) is 10.9. The molecule has 0 bridgehead atoms. The van der Waals surface area contributed by atoms with Crippen molar-refractivity contribution >= 4 is 16.7 Å². The molecule has 0 saturated heterocycles. The second kappa shape index (κ2) is 5.28. The second-order valence-corrected chi connectivity index (χ2v) is 4.88. The van der Waals surface area contributed by atoms with Crippen molar-refractivity contribution in [1.82, 2.24) is 9.55 Å². The summed E-state index contributed by atoms with van der Waals surface area (Å²) < 4.78 is 28.9. The summed E-state index contributed by atoms with van der Waals surface area (Å²) in [5.41, 5.74) is -1.34. The van der Waals surface area contributed by atoms with E-state index in [1.165, 1.54) is 37.4 Å². The first-order valence-corrected chi connectivity index (χ1v) is 6.61. The third-order valence-corrected chi connectivity index (χ3v) is 3.59. The van der Waals surface area contributed by atoms with Crippen LogP contribution in [0.25, 0.3) is 16.5 Å². The number of hydrogen-bond donors (Lipinski definition) is 1. The molecule has 3 rings (SSSR count). The van der Waals surface area contributed by atoms with Crippen LogP contribution in [-0.4, -0.2) is 20.6 Å². The van der Waals surface area contributed by atoms with Gasteiger partial charge in [-0.05, 0) is 25.1 Å². The molecule has 0 aliphatic rings. The highest BCUT2D eigenvalue weighted by molar-refractivity contribution is 6.04. The summed E-state index contributed by atoms with van der Waals surface area (Å²) in [5, 5.41) is 9.01. The Hall–Kier alpha value is -3.09. The number of benzene rings is 1. The topological polar surface area (TPSA) is 72.2 Å². The molecule has 0 spiro atoms. The first-order valence-electron chi connectivity index (χ1n) is 6.61. The van der Waals surface area contributed by atoms with Gasteiger partial charge in [0.05, 0.1) is 10.9 Å². The van der Waals surface area contributed by atoms with Crippen LogP contribution in [0.5, 0.6) is 0 Å². The molecule has 1 N–H and O–H groups in total. The van der Waals surface area contributed by atoms with Gasteiger partial charge in [0.25, 0.3) is 5.56 Å². The number of carboxylic acid groups (broad SMARTS) is 1. The van der Waals surface area contributed by atoms with E-state index in [1.807, 2.05) is 0 Å². The number of halogens is 2. The number of carbonyl (C=O) groups is 1. The molecule has 7 heteroatoms. The molecule has 2 heterocycles. The average Bonchev–Trinajstić information content (AvgIpc) is 2.48. The molecule has 1 aromatic carbocycles. The average molecular weight is 316 g/mol. The molecule has 0 amide bonds. The van der Waals surface area contributed by atoms with Crippen molar-refractivity contribution in [3.8, 4) is 5.69 Å². The molecule has 0 atom stereocenters. The predicted octanol–water partition coefficient (Wildman–Crippen LogP) is 2.67. The third-order valence-electron chi connectivity index (χ3n) is 3.59. The number of hydrogen-bond acceptors (Lipinski definition) is 3. The van der Waals surface area contributed by atoms with E-state index < -0.39 is 28.7 Å². The van der Waals surface area contributed by atoms with E-state index in [1.54, 1.807) is 0 Å². The fraction of sp³-hybridized carbons (Fsp3) is 0.0625. The molecule has 0 fully saturated rings. The molecular weight excluding hydrogens is 306 g/mol. The quantitative estimate of drug-likeness (QED) is 0.738. The minimum atomic E-state index is -1.34. The molecule has 0 radical (unpaired) electrons. The highest BCUT2D eigenvalue weighted by Crippen LogP contribution is 2.24. The van der Waals surface area contributed by atoms with Gasteiger partial charge < -0.3 is 5.11 Å². The van der Waals surface area contributed by atoms with Gasteiger partial charge in [-0.3, -0.25) is 9.36 Å². The largest absolute Gasteiger partial charge is 0.478 e. The Morgan fingerprint density at radius 1 is 1.22 bits per heavy atom. The molecule has 116 valence electrons. The van der Waals surface area contributed by atoms with Gasteiger partial charge >= 0.3 is 5.97 Å². The minimum absolute atomic E-state index is 0.00694. The maximum atomic E-state index is 14.1. The Bertz CT molecular complexity index is 1010. The van der Waals surface area contributed by atoms with Crippen LogP contribution in [0.1, 0.15) is 16.1 Å². The molecule has 5 nitrogen and oxygen atoms in total. The maximum absolute atomic E-state index is 14.1. The van der Waals surface area contributed by atoms with Crippen LogP contribution in [-0.2, 0) is 0 Å². The number of fused-ring (bicyclic) bond motifs is 1. The summed E-state index contributed by atoms with van der Waals surface area (Å²) in [6, 6.07) is 6.39. The normalized spacial score (nSPS) is 10.9. The molecule has 0 saturated carbocycles. The molecular formula is C16H10F2N2O3. The summed E-state index contributed by atoms with van der Waals surface area (Å²) in [6.45, 7) is 1.36. The van der Waals surface area contributed by atoms with Gasteiger partial charge in [0, 0.05) is 17.3 Å². The van der Waals surface area contributed by atoms with E-state index in [-0.39, 0.29) is 22.3 Å². The van der Waals surface area contributed by atoms with Crippen molar-refractivity contribution in [3.05, 3.63) is 69.9 Å². The Morgan fingerprint density at radius 2 is 1.96 bits per heavy atom. The third kappa shape index (κ3) is 2.17. The Balaban J connectivity index is 2.59. The number of aromatic nitrogens is 2. The van der Waals surface area contributed by atoms with Crippen LogP contribution in [0.15, 0.2) is 41.3 Å². The van der Waals surface area contributed by atoms with Gasteiger partial charge in [-0.2, -0.15) is 4.39 Å². The van der Waals surface area contributed by atoms with Crippen LogP contribution in [0.2, 0.25) is 0 Å². The van der Waals surface area contributed by atoms with E-state index in [9.17, 15) is 23.5 Å². The van der Waals surface area contributed by atoms with Crippen LogP contribution in [0.3, 0.4) is 0 Å². The number of aromatic carboxylic acids is 1. The molecule has 2 aromatic heterocycles. The summed E-state index contributed by atoms with van der Waals surface area (Å²) in [5.74, 6) is -3.16. The fourth-order valence-electron chi connectivity index (χ4n) is 2.63. The van der Waals surface area contributed by atoms with Crippen molar-refractivity contribution in [2.75, 3.05) is 0 Å². The summed E-state index contributed by atoms with van der Waals surface area (Å²) >= 11 is 0. The molecule has 0 unspecified atom stereocenters. The van der Waals surface area contributed by atoms with Gasteiger partial charge in [-0.1, -0.05) is 12.1 Å². The van der Waals surface area contributed by atoms with Crippen LogP contribution < -0.4 is 5.56 Å². The van der Waals surface area contributed by atoms with E-state index in [0.717, 1.165) is 10.6 Å². The van der Waals surface area contributed by atoms with Crippen LogP contribution in [0.4, 0.5) is 8.78 Å². The first kappa shape index (κ1) is 14.8. The highest BCUT2D eigenvalue weighted by Gasteiger charge is 2.22. The zero-order chi connectivity index (χ0) is 16.7. The van der Waals surface area contributed by atoms with Crippen LogP contribution in [0, 0.1) is 18.7 Å². The summed E-state index contributed by atoms with van der Waals surface area (Å²) in [7, 11) is 0. The Kier molecular flexibility index (Phi) is 3.40. The van der Waals surface area contributed by atoms with Crippen molar-refractivity contribution < 1.29 is 18.7 Å². The zero-order valence-corrected chi connectivity index (χ0v) is 11.9. The van der Waals surface area contributed by atoms with E-state index in [4.69, 9.17) is 0 Å². The fourth-order valence-corrected chi connectivity index (χ4v) is 2.63. The van der Waals surface area contributed by atoms with Gasteiger partial charge in [-0.25, -0.2) is 14.2 Å². The number of nitrogens with zero attached hydrogens (tertiary/aromatic N) is 2. The lowest BCUT2D eigenvalue weighted by molar-refractivity contribution is 0.0697. The van der Waals surface area contributed by atoms with Gasteiger partial charge in [0.2, 0.25) is 5.95 Å². The monoisotopic (exact) mass is 316 g/mol. The van der Waals surface area contributed by atoms with Gasteiger partial charge in [0.1, 0.15) is 11.5 Å². The SMILES string of the molecule is Cc1c(C(=O)O)c2cccc(F)c2c(=O)n1-c1cccnc1F. The standard InChI is InChI=1S/C16H10F2N2O3/c1-8-12(16(22)23)9-4-2-5-10(17)13(9)15(21)20(8)11-6-3-7-19-14(11)18/h2-7H,1H3,(H,22,23). The Morgan fingerprint density at radius 3 is 2.61 bits per heavy atom. The van der Waals surface area contributed by atoms with Gasteiger partial charge in [0.15, 0.2) is 0 Å². The predicted molar refractivity (Wildman–Crippen MR) is 79.0 cm³/mol. The van der Waals surface area contributed by atoms with Crippen molar-refractivity contribution in [3.63, 3.8) is 0 Å². The van der Waals surface area contributed by atoms with Crippen molar-refractivity contribution in [2.24, 2.45) is 0 Å². The zero-order valence-electron chi connectivity index (χ0n) is 11.9.